The van der Waals surface area contributed by atoms with Crippen molar-refractivity contribution in [1.29, 1.82) is 0 Å². The third-order valence-corrected chi connectivity index (χ3v) is 6.65. The van der Waals surface area contributed by atoms with Gasteiger partial charge in [0, 0.05) is 48.4 Å². The summed E-state index contributed by atoms with van der Waals surface area (Å²) < 4.78 is 46.9. The number of nitrogens with zero attached hydrogens (tertiary/aromatic N) is 3. The Morgan fingerprint density at radius 1 is 1.05 bits per heavy atom. The van der Waals surface area contributed by atoms with Crippen LogP contribution in [-0.2, 0) is 17.9 Å². The van der Waals surface area contributed by atoms with Gasteiger partial charge in [0.05, 0.1) is 37.7 Å². The Kier molecular flexibility index (Phi) is 6.86. The number of methoxy groups -OCH3 is 1. The van der Waals surface area contributed by atoms with Crippen molar-refractivity contribution in [3.05, 3.63) is 106 Å². The van der Waals surface area contributed by atoms with Gasteiger partial charge < -0.3 is 24.1 Å². The minimum Gasteiger partial charge on any atom is -0.495 e. The van der Waals surface area contributed by atoms with E-state index in [1.165, 1.54) is 55.9 Å². The minimum absolute atomic E-state index is 0.0582. The SMILES string of the molecule is COc1cnc2c(Oc3ccc(NC(=O)c4c5n(cc(-c6ccc(F)cc6)c4=O)CCOC5)cc3F)ccnc2c1. The lowest BCUT2D eigenvalue weighted by atomic mass is 10.0. The van der Waals surface area contributed by atoms with Crippen molar-refractivity contribution in [2.75, 3.05) is 19.0 Å². The van der Waals surface area contributed by atoms with E-state index < -0.39 is 23.0 Å². The fourth-order valence-electron chi connectivity index (χ4n) is 4.61. The van der Waals surface area contributed by atoms with Gasteiger partial charge in [-0.05, 0) is 29.8 Å². The Morgan fingerprint density at radius 2 is 1.88 bits per heavy atom. The molecule has 0 aliphatic carbocycles. The van der Waals surface area contributed by atoms with E-state index in [2.05, 4.69) is 15.3 Å². The zero-order valence-electron chi connectivity index (χ0n) is 21.7. The Labute approximate surface area is 232 Å². The smallest absolute Gasteiger partial charge is 0.261 e. The Hall–Kier alpha value is -5.16. The summed E-state index contributed by atoms with van der Waals surface area (Å²) in [4.78, 5) is 35.4. The molecule has 1 aliphatic heterocycles. The molecule has 0 spiro atoms. The van der Waals surface area contributed by atoms with Gasteiger partial charge in [0.15, 0.2) is 17.3 Å². The first kappa shape index (κ1) is 26.1. The molecule has 0 bridgehead atoms. The van der Waals surface area contributed by atoms with Gasteiger partial charge in [-0.1, -0.05) is 12.1 Å². The number of fused-ring (bicyclic) bond motifs is 2. The molecule has 0 unspecified atom stereocenters. The van der Waals surface area contributed by atoms with Crippen molar-refractivity contribution < 1.29 is 27.8 Å². The minimum atomic E-state index is -0.747. The standard InChI is InChI=1S/C30H22F2N4O5/c1-39-20-13-23-28(34-14-20)26(8-9-33-23)41-25-7-6-19(12-22(25)32)35-30(38)27-24-16-40-11-10-36(24)15-21(29(27)37)17-2-4-18(31)5-3-17/h2-9,12-15H,10-11,16H2,1H3,(H,35,38). The topological polar surface area (TPSA) is 105 Å². The number of ether oxygens (including phenoxy) is 3. The third kappa shape index (κ3) is 5.10. The quantitative estimate of drug-likeness (QED) is 0.302. The summed E-state index contributed by atoms with van der Waals surface area (Å²) in [6.45, 7) is 0.890. The van der Waals surface area contributed by atoms with Crippen LogP contribution in [0.15, 0.2) is 78.0 Å². The highest BCUT2D eigenvalue weighted by molar-refractivity contribution is 6.05. The van der Waals surface area contributed by atoms with E-state index in [1.807, 2.05) is 0 Å². The second-order valence-corrected chi connectivity index (χ2v) is 9.20. The van der Waals surface area contributed by atoms with Crippen LogP contribution in [0.5, 0.6) is 17.2 Å². The summed E-state index contributed by atoms with van der Waals surface area (Å²) >= 11 is 0. The fraction of sp³-hybridized carbons (Fsp3) is 0.133. The second-order valence-electron chi connectivity index (χ2n) is 9.20. The van der Waals surface area contributed by atoms with Crippen LogP contribution in [0.1, 0.15) is 16.1 Å². The van der Waals surface area contributed by atoms with Crippen molar-refractivity contribution in [3.63, 3.8) is 0 Å². The van der Waals surface area contributed by atoms with Gasteiger partial charge in [-0.3, -0.25) is 14.6 Å². The molecule has 3 aromatic heterocycles. The molecule has 1 aliphatic rings. The number of halogens is 2. The maximum Gasteiger partial charge on any atom is 0.261 e. The summed E-state index contributed by atoms with van der Waals surface area (Å²) in [6, 6.07) is 12.6. The van der Waals surface area contributed by atoms with Gasteiger partial charge in [-0.25, -0.2) is 13.8 Å². The number of anilines is 1. The average molecular weight is 557 g/mol. The number of hydrogen-bond acceptors (Lipinski definition) is 7. The molecule has 206 valence electrons. The van der Waals surface area contributed by atoms with Crippen molar-refractivity contribution in [2.45, 2.75) is 13.2 Å². The van der Waals surface area contributed by atoms with Gasteiger partial charge in [-0.15, -0.1) is 0 Å². The van der Waals surface area contributed by atoms with E-state index in [0.29, 0.717) is 41.2 Å². The summed E-state index contributed by atoms with van der Waals surface area (Å²) in [5, 5.41) is 2.61. The maximum atomic E-state index is 15.1. The van der Waals surface area contributed by atoms with E-state index in [9.17, 15) is 14.0 Å². The van der Waals surface area contributed by atoms with E-state index >= 15 is 4.39 Å². The van der Waals surface area contributed by atoms with Gasteiger partial charge >= 0.3 is 0 Å². The molecule has 1 N–H and O–H groups in total. The molecular weight excluding hydrogens is 534 g/mol. The first-order valence-electron chi connectivity index (χ1n) is 12.6. The highest BCUT2D eigenvalue weighted by atomic mass is 19.1. The van der Waals surface area contributed by atoms with Crippen LogP contribution >= 0.6 is 0 Å². The van der Waals surface area contributed by atoms with E-state index in [4.69, 9.17) is 14.2 Å². The lowest BCUT2D eigenvalue weighted by Crippen LogP contribution is -2.31. The van der Waals surface area contributed by atoms with Crippen molar-refractivity contribution in [3.8, 4) is 28.4 Å². The molecule has 1 amide bonds. The third-order valence-electron chi connectivity index (χ3n) is 6.65. The number of rotatable bonds is 6. The summed E-state index contributed by atoms with van der Waals surface area (Å²) in [6.07, 6.45) is 4.65. The monoisotopic (exact) mass is 556 g/mol. The molecule has 0 radical (unpaired) electrons. The average Bonchev–Trinajstić information content (AvgIpc) is 2.98. The van der Waals surface area contributed by atoms with Crippen LogP contribution < -0.4 is 20.2 Å². The summed E-state index contributed by atoms with van der Waals surface area (Å²) in [5.41, 5.74) is 1.48. The Balaban J connectivity index is 1.29. The number of carbonyl (C=O) groups is 1. The number of amides is 1. The largest absolute Gasteiger partial charge is 0.495 e. The van der Waals surface area contributed by atoms with Crippen LogP contribution in [-0.4, -0.2) is 34.2 Å². The van der Waals surface area contributed by atoms with Gasteiger partial charge in [0.1, 0.15) is 22.6 Å². The Morgan fingerprint density at radius 3 is 2.66 bits per heavy atom. The van der Waals surface area contributed by atoms with Crippen LogP contribution in [0.2, 0.25) is 0 Å². The first-order valence-corrected chi connectivity index (χ1v) is 12.6. The van der Waals surface area contributed by atoms with Gasteiger partial charge in [-0.2, -0.15) is 0 Å². The van der Waals surface area contributed by atoms with Crippen molar-refractivity contribution in [1.82, 2.24) is 14.5 Å². The van der Waals surface area contributed by atoms with Crippen LogP contribution in [0.3, 0.4) is 0 Å². The second kappa shape index (κ2) is 10.8. The van der Waals surface area contributed by atoms with Crippen LogP contribution in [0.25, 0.3) is 22.2 Å². The molecule has 2 aromatic carbocycles. The zero-order valence-corrected chi connectivity index (χ0v) is 21.7. The molecule has 0 saturated heterocycles. The van der Waals surface area contributed by atoms with Gasteiger partial charge in [0.2, 0.25) is 5.43 Å². The molecule has 11 heteroatoms. The molecular formula is C30H22F2N4O5. The van der Waals surface area contributed by atoms with Crippen LogP contribution in [0, 0.1) is 11.6 Å². The number of pyridine rings is 3. The lowest BCUT2D eigenvalue weighted by molar-refractivity contribution is 0.0809. The van der Waals surface area contributed by atoms with E-state index in [1.54, 1.807) is 22.9 Å². The number of benzene rings is 2. The normalized spacial score (nSPS) is 12.6. The Bertz CT molecular complexity index is 1860. The predicted molar refractivity (Wildman–Crippen MR) is 146 cm³/mol. The fourth-order valence-corrected chi connectivity index (χ4v) is 4.61. The summed E-state index contributed by atoms with van der Waals surface area (Å²) in [5.74, 6) is -1.21. The number of carbonyl (C=O) groups excluding carboxylic acids is 1. The molecule has 0 fully saturated rings. The molecule has 41 heavy (non-hydrogen) atoms. The molecule has 0 saturated carbocycles. The van der Waals surface area contributed by atoms with Crippen molar-refractivity contribution >= 4 is 22.6 Å². The maximum absolute atomic E-state index is 15.1. The highest BCUT2D eigenvalue weighted by Crippen LogP contribution is 2.32. The predicted octanol–water partition coefficient (Wildman–Crippen LogP) is 5.32. The number of hydrogen-bond donors (Lipinski definition) is 1. The molecule has 4 heterocycles. The van der Waals surface area contributed by atoms with Crippen LogP contribution in [0.4, 0.5) is 14.5 Å². The number of aromatic nitrogens is 3. The summed E-state index contributed by atoms with van der Waals surface area (Å²) in [7, 11) is 1.51. The molecule has 9 nitrogen and oxygen atoms in total. The van der Waals surface area contributed by atoms with Crippen molar-refractivity contribution in [2.24, 2.45) is 0 Å². The molecule has 6 rings (SSSR count). The highest BCUT2D eigenvalue weighted by Gasteiger charge is 2.25. The number of nitrogens with one attached hydrogen (secondary N) is 1. The van der Waals surface area contributed by atoms with E-state index in [0.717, 1.165) is 6.07 Å². The molecule has 0 atom stereocenters. The molecule has 5 aromatic rings. The zero-order chi connectivity index (χ0) is 28.5. The van der Waals surface area contributed by atoms with E-state index in [-0.39, 0.29) is 34.9 Å². The first-order chi connectivity index (χ1) is 19.9. The lowest BCUT2D eigenvalue weighted by Gasteiger charge is -2.23. The van der Waals surface area contributed by atoms with Gasteiger partial charge in [0.25, 0.3) is 5.91 Å².